The highest BCUT2D eigenvalue weighted by Crippen LogP contribution is 2.51. The van der Waals surface area contributed by atoms with Gasteiger partial charge in [-0.25, -0.2) is 0 Å². The molecule has 0 heterocycles. The molecule has 14 heavy (non-hydrogen) atoms. The second-order valence-electron chi connectivity index (χ2n) is 6.30. The fraction of sp³-hybridized carbons (Fsp3) is 1.00. The molecular weight excluding hydrogens is 168 g/mol. The molecule has 2 saturated carbocycles. The average molecular weight is 194 g/mol. The van der Waals surface area contributed by atoms with E-state index in [2.05, 4.69) is 13.8 Å². The van der Waals surface area contributed by atoms with Crippen molar-refractivity contribution in [3.8, 4) is 0 Å². The van der Waals surface area contributed by atoms with Crippen LogP contribution in [0, 0.1) is 17.3 Å². The SMILES string of the molecule is CC(C)CC1CCCC2(CCCC2)C1. The van der Waals surface area contributed by atoms with Crippen LogP contribution in [0.1, 0.15) is 71.6 Å². The van der Waals surface area contributed by atoms with Gasteiger partial charge in [-0.3, -0.25) is 0 Å². The van der Waals surface area contributed by atoms with Gasteiger partial charge in [0.2, 0.25) is 0 Å². The highest BCUT2D eigenvalue weighted by atomic mass is 14.4. The van der Waals surface area contributed by atoms with E-state index in [1.807, 2.05) is 0 Å². The minimum atomic E-state index is 0.831. The molecule has 2 aliphatic carbocycles. The maximum Gasteiger partial charge on any atom is -0.0295 e. The van der Waals surface area contributed by atoms with Crippen LogP contribution in [0.25, 0.3) is 0 Å². The smallest absolute Gasteiger partial charge is 0.0295 e. The summed E-state index contributed by atoms with van der Waals surface area (Å²) < 4.78 is 0. The third-order valence-electron chi connectivity index (χ3n) is 4.51. The van der Waals surface area contributed by atoms with Crippen molar-refractivity contribution in [1.29, 1.82) is 0 Å². The summed E-state index contributed by atoms with van der Waals surface area (Å²) in [5.41, 5.74) is 0.831. The number of hydrogen-bond donors (Lipinski definition) is 0. The largest absolute Gasteiger partial charge is 0.0628 e. The minimum absolute atomic E-state index is 0.831. The average Bonchev–Trinajstić information content (AvgIpc) is 2.52. The predicted molar refractivity (Wildman–Crippen MR) is 62.3 cm³/mol. The third-order valence-corrected chi connectivity index (χ3v) is 4.51. The first-order valence-electron chi connectivity index (χ1n) is 6.70. The van der Waals surface area contributed by atoms with Crippen molar-refractivity contribution in [1.82, 2.24) is 0 Å². The third kappa shape index (κ3) is 2.32. The van der Waals surface area contributed by atoms with Crippen molar-refractivity contribution in [3.05, 3.63) is 0 Å². The van der Waals surface area contributed by atoms with Gasteiger partial charge in [-0.15, -0.1) is 0 Å². The fourth-order valence-corrected chi connectivity index (χ4v) is 4.03. The van der Waals surface area contributed by atoms with Crippen molar-refractivity contribution in [2.24, 2.45) is 17.3 Å². The molecule has 2 rings (SSSR count). The van der Waals surface area contributed by atoms with Crippen LogP contribution in [0.5, 0.6) is 0 Å². The van der Waals surface area contributed by atoms with Crippen LogP contribution in [0.2, 0.25) is 0 Å². The summed E-state index contributed by atoms with van der Waals surface area (Å²) in [6, 6.07) is 0. The molecular formula is C14H26. The maximum atomic E-state index is 2.38. The van der Waals surface area contributed by atoms with Crippen LogP contribution >= 0.6 is 0 Å². The molecule has 0 aromatic rings. The van der Waals surface area contributed by atoms with Gasteiger partial charge in [0, 0.05) is 0 Å². The van der Waals surface area contributed by atoms with E-state index in [0.29, 0.717) is 0 Å². The molecule has 2 fully saturated rings. The Morgan fingerprint density at radius 2 is 1.71 bits per heavy atom. The van der Waals surface area contributed by atoms with Crippen LogP contribution in [0.15, 0.2) is 0 Å². The van der Waals surface area contributed by atoms with Gasteiger partial charge in [0.25, 0.3) is 0 Å². The van der Waals surface area contributed by atoms with Gasteiger partial charge in [-0.1, -0.05) is 39.5 Å². The van der Waals surface area contributed by atoms with E-state index in [-0.39, 0.29) is 0 Å². The van der Waals surface area contributed by atoms with Crippen molar-refractivity contribution in [2.75, 3.05) is 0 Å². The first-order chi connectivity index (χ1) is 6.70. The Morgan fingerprint density at radius 1 is 1.07 bits per heavy atom. The Bertz CT molecular complexity index is 174. The summed E-state index contributed by atoms with van der Waals surface area (Å²) in [5.74, 6) is 1.98. The van der Waals surface area contributed by atoms with E-state index in [0.717, 1.165) is 17.3 Å². The van der Waals surface area contributed by atoms with Crippen LogP contribution in [0.3, 0.4) is 0 Å². The number of rotatable bonds is 2. The maximum absolute atomic E-state index is 2.38. The minimum Gasteiger partial charge on any atom is -0.0628 e. The predicted octanol–water partition coefficient (Wildman–Crippen LogP) is 4.78. The molecule has 0 heteroatoms. The van der Waals surface area contributed by atoms with Crippen LogP contribution in [-0.4, -0.2) is 0 Å². The molecule has 1 atom stereocenters. The lowest BCUT2D eigenvalue weighted by molar-refractivity contribution is 0.131. The molecule has 0 radical (unpaired) electrons. The van der Waals surface area contributed by atoms with Gasteiger partial charge in [-0.2, -0.15) is 0 Å². The Balaban J connectivity index is 1.90. The molecule has 0 nitrogen and oxygen atoms in total. The first kappa shape index (κ1) is 10.5. The van der Waals surface area contributed by atoms with Gasteiger partial charge in [0.15, 0.2) is 0 Å². The lowest BCUT2D eigenvalue weighted by Crippen LogP contribution is -2.26. The van der Waals surface area contributed by atoms with Gasteiger partial charge in [0.1, 0.15) is 0 Å². The summed E-state index contributed by atoms with van der Waals surface area (Å²) in [6.45, 7) is 4.77. The molecule has 0 aromatic carbocycles. The second kappa shape index (κ2) is 4.24. The van der Waals surface area contributed by atoms with E-state index in [1.54, 1.807) is 25.7 Å². The Kier molecular flexibility index (Phi) is 3.19. The molecule has 1 unspecified atom stereocenters. The normalized spacial score (nSPS) is 31.5. The van der Waals surface area contributed by atoms with Crippen molar-refractivity contribution >= 4 is 0 Å². The molecule has 2 aliphatic rings. The van der Waals surface area contributed by atoms with Crippen molar-refractivity contribution in [3.63, 3.8) is 0 Å². The molecule has 0 N–H and O–H groups in total. The molecule has 0 bridgehead atoms. The van der Waals surface area contributed by atoms with Crippen LogP contribution in [0.4, 0.5) is 0 Å². The van der Waals surface area contributed by atoms with E-state index in [1.165, 1.54) is 32.1 Å². The molecule has 0 aliphatic heterocycles. The summed E-state index contributed by atoms with van der Waals surface area (Å²) in [7, 11) is 0. The van der Waals surface area contributed by atoms with Crippen LogP contribution < -0.4 is 0 Å². The monoisotopic (exact) mass is 194 g/mol. The molecule has 0 amide bonds. The first-order valence-corrected chi connectivity index (χ1v) is 6.70. The van der Waals surface area contributed by atoms with Crippen molar-refractivity contribution in [2.45, 2.75) is 71.6 Å². The topological polar surface area (TPSA) is 0 Å². The molecule has 1 spiro atoms. The summed E-state index contributed by atoms with van der Waals surface area (Å²) >= 11 is 0. The molecule has 82 valence electrons. The summed E-state index contributed by atoms with van der Waals surface area (Å²) in [4.78, 5) is 0. The second-order valence-corrected chi connectivity index (χ2v) is 6.30. The summed E-state index contributed by atoms with van der Waals surface area (Å²) in [5, 5.41) is 0. The van der Waals surface area contributed by atoms with Gasteiger partial charge >= 0.3 is 0 Å². The highest BCUT2D eigenvalue weighted by molar-refractivity contribution is 4.90. The zero-order chi connectivity index (χ0) is 10.0. The Hall–Kier alpha value is 0. The van der Waals surface area contributed by atoms with E-state index >= 15 is 0 Å². The number of hydrogen-bond acceptors (Lipinski definition) is 0. The summed E-state index contributed by atoms with van der Waals surface area (Å²) in [6.07, 6.45) is 13.8. The van der Waals surface area contributed by atoms with Crippen LogP contribution in [-0.2, 0) is 0 Å². The highest BCUT2D eigenvalue weighted by Gasteiger charge is 2.38. The Morgan fingerprint density at radius 3 is 2.36 bits per heavy atom. The zero-order valence-corrected chi connectivity index (χ0v) is 10.0. The quantitative estimate of drug-likeness (QED) is 0.593. The molecule has 0 aromatic heterocycles. The van der Waals surface area contributed by atoms with E-state index in [4.69, 9.17) is 0 Å². The van der Waals surface area contributed by atoms with Gasteiger partial charge in [0.05, 0.1) is 0 Å². The standard InChI is InChI=1S/C14H26/c1-12(2)10-13-6-5-9-14(11-13)7-3-4-8-14/h12-13H,3-11H2,1-2H3. The van der Waals surface area contributed by atoms with Gasteiger partial charge < -0.3 is 0 Å². The fourth-order valence-electron chi connectivity index (χ4n) is 4.03. The van der Waals surface area contributed by atoms with Gasteiger partial charge in [-0.05, 0) is 49.4 Å². The van der Waals surface area contributed by atoms with Crippen molar-refractivity contribution < 1.29 is 0 Å². The van der Waals surface area contributed by atoms with E-state index in [9.17, 15) is 0 Å². The lowest BCUT2D eigenvalue weighted by Gasteiger charge is -2.38. The Labute approximate surface area is 89.5 Å². The lowest BCUT2D eigenvalue weighted by atomic mass is 9.67. The molecule has 0 saturated heterocycles. The zero-order valence-electron chi connectivity index (χ0n) is 10.0. The van der Waals surface area contributed by atoms with E-state index < -0.39 is 0 Å².